The molecule has 3 aromatic carbocycles. The molecule has 138 valence electrons. The molecule has 4 rings (SSSR count). The zero-order valence-corrected chi connectivity index (χ0v) is 16.5. The predicted molar refractivity (Wildman–Crippen MR) is 111 cm³/mol. The minimum Gasteiger partial charge on any atom is -0.247 e. The predicted octanol–water partition coefficient (Wildman–Crippen LogP) is 5.27. The van der Waals surface area contributed by atoms with Gasteiger partial charge in [-0.15, -0.1) is 0 Å². The van der Waals surface area contributed by atoms with E-state index < -0.39 is 10.2 Å². The molecule has 0 aliphatic carbocycles. The van der Waals surface area contributed by atoms with Crippen molar-refractivity contribution in [3.63, 3.8) is 0 Å². The molecule has 4 nitrogen and oxygen atoms in total. The van der Waals surface area contributed by atoms with E-state index in [9.17, 15) is 8.42 Å². The molecule has 0 radical (unpaired) electrons. The van der Waals surface area contributed by atoms with Crippen LogP contribution < -0.4 is 8.61 Å². The van der Waals surface area contributed by atoms with E-state index in [4.69, 9.17) is 23.2 Å². The highest BCUT2D eigenvalue weighted by Gasteiger charge is 2.40. The lowest BCUT2D eigenvalue weighted by Gasteiger charge is -2.22. The Hall–Kier alpha value is -2.21. The van der Waals surface area contributed by atoms with Gasteiger partial charge in [-0.3, -0.25) is 0 Å². The van der Waals surface area contributed by atoms with Crippen LogP contribution in [0.1, 0.15) is 11.1 Å². The van der Waals surface area contributed by atoms with Gasteiger partial charge in [-0.2, -0.15) is 8.42 Å². The first-order chi connectivity index (χ1) is 13.0. The lowest BCUT2D eigenvalue weighted by Crippen LogP contribution is -2.37. The topological polar surface area (TPSA) is 40.6 Å². The molecule has 0 atom stereocenters. The molecular weight excluding hydrogens is 403 g/mol. The average molecular weight is 419 g/mol. The Morgan fingerprint density at radius 2 is 1.00 bits per heavy atom. The van der Waals surface area contributed by atoms with Crippen LogP contribution in [0.5, 0.6) is 0 Å². The molecule has 0 unspecified atom stereocenters. The summed E-state index contributed by atoms with van der Waals surface area (Å²) in [5.74, 6) is 0. The molecule has 0 bridgehead atoms. The molecule has 1 aliphatic rings. The Labute approximate surface area is 168 Å². The van der Waals surface area contributed by atoms with Crippen molar-refractivity contribution >= 4 is 44.8 Å². The van der Waals surface area contributed by atoms with E-state index in [1.54, 1.807) is 24.3 Å². The van der Waals surface area contributed by atoms with Crippen molar-refractivity contribution in [2.24, 2.45) is 0 Å². The molecule has 0 fully saturated rings. The van der Waals surface area contributed by atoms with Gasteiger partial charge in [0.05, 0.1) is 24.5 Å². The first-order valence-corrected chi connectivity index (χ1v) is 10.5. The minimum atomic E-state index is -3.77. The van der Waals surface area contributed by atoms with Crippen LogP contribution in [0.25, 0.3) is 0 Å². The first-order valence-electron chi connectivity index (χ1n) is 8.35. The Morgan fingerprint density at radius 1 is 0.630 bits per heavy atom. The number of rotatable bonds is 4. The Bertz CT molecular complexity index is 1020. The number of para-hydroxylation sites is 2. The van der Waals surface area contributed by atoms with Crippen LogP contribution in [-0.4, -0.2) is 8.42 Å². The van der Waals surface area contributed by atoms with Crippen molar-refractivity contribution in [2.45, 2.75) is 13.1 Å². The molecule has 27 heavy (non-hydrogen) atoms. The van der Waals surface area contributed by atoms with E-state index in [1.165, 1.54) is 8.61 Å². The lowest BCUT2D eigenvalue weighted by atomic mass is 10.2. The number of hydrogen-bond donors (Lipinski definition) is 0. The fourth-order valence-corrected chi connectivity index (χ4v) is 5.19. The fourth-order valence-electron chi connectivity index (χ4n) is 3.15. The van der Waals surface area contributed by atoms with Gasteiger partial charge < -0.3 is 0 Å². The SMILES string of the molecule is O=S1(=O)N(Cc2ccccc2Cl)c2ccccc2N1Cc1ccccc1Cl. The smallest absolute Gasteiger partial charge is 0.247 e. The quantitative estimate of drug-likeness (QED) is 0.579. The fraction of sp³-hybridized carbons (Fsp3) is 0.100. The van der Waals surface area contributed by atoms with Crippen molar-refractivity contribution in [3.05, 3.63) is 94.0 Å². The highest BCUT2D eigenvalue weighted by Crippen LogP contribution is 2.43. The van der Waals surface area contributed by atoms with Gasteiger partial charge >= 0.3 is 10.2 Å². The van der Waals surface area contributed by atoms with Gasteiger partial charge in [-0.25, -0.2) is 8.61 Å². The normalized spacial score (nSPS) is 15.0. The van der Waals surface area contributed by atoms with Gasteiger partial charge in [0, 0.05) is 10.0 Å². The molecular formula is C20H16Cl2N2O2S. The molecule has 3 aromatic rings. The summed E-state index contributed by atoms with van der Waals surface area (Å²) < 4.78 is 29.5. The maximum Gasteiger partial charge on any atom is 0.327 e. The monoisotopic (exact) mass is 418 g/mol. The number of benzene rings is 3. The summed E-state index contributed by atoms with van der Waals surface area (Å²) in [6.45, 7) is 0.329. The number of nitrogens with zero attached hydrogens (tertiary/aromatic N) is 2. The number of fused-ring (bicyclic) bond motifs is 1. The van der Waals surface area contributed by atoms with Crippen molar-refractivity contribution in [2.75, 3.05) is 8.61 Å². The number of halogens is 2. The third kappa shape index (κ3) is 3.27. The van der Waals surface area contributed by atoms with Gasteiger partial charge in [0.2, 0.25) is 0 Å². The van der Waals surface area contributed by atoms with Crippen molar-refractivity contribution in [1.82, 2.24) is 0 Å². The van der Waals surface area contributed by atoms with Gasteiger partial charge in [-0.1, -0.05) is 71.7 Å². The zero-order valence-electron chi connectivity index (χ0n) is 14.2. The van der Waals surface area contributed by atoms with Crippen LogP contribution in [0, 0.1) is 0 Å². The van der Waals surface area contributed by atoms with Gasteiger partial charge in [0.15, 0.2) is 0 Å². The maximum atomic E-state index is 13.3. The highest BCUT2D eigenvalue weighted by atomic mass is 35.5. The summed E-state index contributed by atoms with van der Waals surface area (Å²) in [6, 6.07) is 21.8. The summed E-state index contributed by atoms with van der Waals surface area (Å²) in [7, 11) is -3.77. The molecule has 0 saturated carbocycles. The second-order valence-electron chi connectivity index (χ2n) is 6.19. The van der Waals surface area contributed by atoms with E-state index in [0.29, 0.717) is 21.4 Å². The Morgan fingerprint density at radius 3 is 1.41 bits per heavy atom. The molecule has 7 heteroatoms. The highest BCUT2D eigenvalue weighted by molar-refractivity contribution is 7.94. The van der Waals surface area contributed by atoms with Crippen molar-refractivity contribution in [3.8, 4) is 0 Å². The third-order valence-electron chi connectivity index (χ3n) is 4.52. The largest absolute Gasteiger partial charge is 0.327 e. The Balaban J connectivity index is 1.76. The van der Waals surface area contributed by atoms with E-state index in [1.807, 2.05) is 48.5 Å². The molecule has 1 aliphatic heterocycles. The number of hydrogen-bond acceptors (Lipinski definition) is 2. The second-order valence-corrected chi connectivity index (χ2v) is 8.78. The molecule has 1 heterocycles. The van der Waals surface area contributed by atoms with Gasteiger partial charge in [-0.05, 0) is 35.4 Å². The number of anilines is 2. The maximum absolute atomic E-state index is 13.3. The van der Waals surface area contributed by atoms with Gasteiger partial charge in [0.1, 0.15) is 0 Å². The van der Waals surface area contributed by atoms with Crippen LogP contribution in [0.15, 0.2) is 72.8 Å². The molecule has 0 spiro atoms. The van der Waals surface area contributed by atoms with Gasteiger partial charge in [0.25, 0.3) is 0 Å². The van der Waals surface area contributed by atoms with Crippen LogP contribution in [0.2, 0.25) is 10.0 Å². The van der Waals surface area contributed by atoms with Crippen molar-refractivity contribution < 1.29 is 8.42 Å². The summed E-state index contributed by atoms with van der Waals surface area (Å²) >= 11 is 12.5. The summed E-state index contributed by atoms with van der Waals surface area (Å²) in [6.07, 6.45) is 0. The van der Waals surface area contributed by atoms with Crippen LogP contribution >= 0.6 is 23.2 Å². The van der Waals surface area contributed by atoms with E-state index >= 15 is 0 Å². The van der Waals surface area contributed by atoms with E-state index in [-0.39, 0.29) is 13.1 Å². The standard InChI is InChI=1S/C20H16Cl2N2O2S/c21-17-9-3-1-7-15(17)13-23-19-11-5-6-12-20(19)24(27(23,25)26)14-16-8-2-4-10-18(16)22/h1-12H,13-14H2. The molecule has 0 amide bonds. The summed E-state index contributed by atoms with van der Waals surface area (Å²) in [5.41, 5.74) is 2.75. The van der Waals surface area contributed by atoms with E-state index in [0.717, 1.165) is 11.1 Å². The lowest BCUT2D eigenvalue weighted by molar-refractivity contribution is 0.588. The van der Waals surface area contributed by atoms with Crippen LogP contribution in [0.3, 0.4) is 0 Å². The molecule has 0 saturated heterocycles. The second kappa shape index (κ2) is 7.08. The van der Waals surface area contributed by atoms with E-state index in [2.05, 4.69) is 0 Å². The minimum absolute atomic E-state index is 0.165. The summed E-state index contributed by atoms with van der Waals surface area (Å²) in [4.78, 5) is 0. The Kier molecular flexibility index (Phi) is 4.76. The first kappa shape index (κ1) is 18.2. The molecule has 0 N–H and O–H groups in total. The van der Waals surface area contributed by atoms with Crippen LogP contribution in [-0.2, 0) is 23.3 Å². The molecule has 0 aromatic heterocycles. The zero-order chi connectivity index (χ0) is 19.0. The summed E-state index contributed by atoms with van der Waals surface area (Å²) in [5, 5.41) is 1.07. The van der Waals surface area contributed by atoms with Crippen molar-refractivity contribution in [1.29, 1.82) is 0 Å². The van der Waals surface area contributed by atoms with Crippen LogP contribution in [0.4, 0.5) is 11.4 Å². The third-order valence-corrected chi connectivity index (χ3v) is 7.02. The average Bonchev–Trinajstić information content (AvgIpc) is 2.86.